The third-order valence-corrected chi connectivity index (χ3v) is 3.96. The predicted molar refractivity (Wildman–Crippen MR) is 79.4 cm³/mol. The molecular weight excluding hydrogens is 294 g/mol. The van der Waals surface area contributed by atoms with Gasteiger partial charge in [-0.1, -0.05) is 36.7 Å². The number of nitrogens with one attached hydrogen (secondary N) is 1. The molecule has 0 bridgehead atoms. The minimum absolute atomic E-state index is 0.0418. The fourth-order valence-corrected chi connectivity index (χ4v) is 2.14. The Morgan fingerprint density at radius 2 is 2.06 bits per heavy atom. The quantitative estimate of drug-likeness (QED) is 0.821. The lowest BCUT2D eigenvalue weighted by molar-refractivity contribution is 0.507. The summed E-state index contributed by atoms with van der Waals surface area (Å²) >= 11 is 3.45. The van der Waals surface area contributed by atoms with Gasteiger partial charge in [0.1, 0.15) is 0 Å². The maximum Gasteiger partial charge on any atom is 0.293 e. The van der Waals surface area contributed by atoms with Gasteiger partial charge in [-0.3, -0.25) is 4.79 Å². The molecule has 1 aromatic rings. The summed E-state index contributed by atoms with van der Waals surface area (Å²) in [7, 11) is 0. The van der Waals surface area contributed by atoms with Crippen molar-refractivity contribution in [2.45, 2.75) is 40.3 Å². The third kappa shape index (κ3) is 4.12. The molecular formula is C13H22BrN3O. The molecule has 2 atom stereocenters. The molecule has 0 aliphatic carbocycles. The SMILES string of the molecule is CC(C)Cn1ccnc(NC(C)C(C)CBr)c1=O. The van der Waals surface area contributed by atoms with Crippen LogP contribution in [0.15, 0.2) is 17.2 Å². The first-order valence-electron chi connectivity index (χ1n) is 6.33. The number of alkyl halides is 1. The van der Waals surface area contributed by atoms with Gasteiger partial charge in [0, 0.05) is 30.3 Å². The van der Waals surface area contributed by atoms with Gasteiger partial charge in [-0.25, -0.2) is 4.98 Å². The van der Waals surface area contributed by atoms with Crippen molar-refractivity contribution in [3.8, 4) is 0 Å². The zero-order chi connectivity index (χ0) is 13.7. The molecule has 0 saturated carbocycles. The highest BCUT2D eigenvalue weighted by Crippen LogP contribution is 2.10. The van der Waals surface area contributed by atoms with Crippen molar-refractivity contribution in [2.24, 2.45) is 11.8 Å². The molecule has 2 unspecified atom stereocenters. The number of anilines is 1. The van der Waals surface area contributed by atoms with Gasteiger partial charge in [0.15, 0.2) is 5.82 Å². The molecule has 0 aromatic carbocycles. The molecule has 18 heavy (non-hydrogen) atoms. The van der Waals surface area contributed by atoms with Crippen LogP contribution in [-0.2, 0) is 6.54 Å². The summed E-state index contributed by atoms with van der Waals surface area (Å²) in [6.45, 7) is 9.10. The summed E-state index contributed by atoms with van der Waals surface area (Å²) in [6, 6.07) is 0.208. The number of aromatic nitrogens is 2. The normalized spacial score (nSPS) is 14.6. The highest BCUT2D eigenvalue weighted by atomic mass is 79.9. The second kappa shape index (κ2) is 6.92. The van der Waals surface area contributed by atoms with Crippen LogP contribution in [0.2, 0.25) is 0 Å². The Kier molecular flexibility index (Phi) is 5.85. The van der Waals surface area contributed by atoms with Crippen LogP contribution < -0.4 is 10.9 Å². The molecule has 0 aliphatic heterocycles. The van der Waals surface area contributed by atoms with Crippen molar-refractivity contribution in [1.82, 2.24) is 9.55 Å². The van der Waals surface area contributed by atoms with Crippen LogP contribution in [-0.4, -0.2) is 20.9 Å². The van der Waals surface area contributed by atoms with Gasteiger partial charge < -0.3 is 9.88 Å². The minimum Gasteiger partial charge on any atom is -0.363 e. The molecule has 0 amide bonds. The Balaban J connectivity index is 2.87. The smallest absolute Gasteiger partial charge is 0.293 e. The summed E-state index contributed by atoms with van der Waals surface area (Å²) in [4.78, 5) is 16.3. The van der Waals surface area contributed by atoms with E-state index in [-0.39, 0.29) is 11.6 Å². The fourth-order valence-electron chi connectivity index (χ4n) is 1.57. The van der Waals surface area contributed by atoms with Gasteiger partial charge in [-0.05, 0) is 18.8 Å². The Hall–Kier alpha value is -0.840. The summed E-state index contributed by atoms with van der Waals surface area (Å²) in [6.07, 6.45) is 3.42. The van der Waals surface area contributed by atoms with E-state index in [0.29, 0.717) is 17.7 Å². The highest BCUT2D eigenvalue weighted by molar-refractivity contribution is 9.09. The van der Waals surface area contributed by atoms with E-state index in [9.17, 15) is 4.79 Å². The van der Waals surface area contributed by atoms with E-state index < -0.39 is 0 Å². The van der Waals surface area contributed by atoms with E-state index in [1.54, 1.807) is 17.0 Å². The molecule has 0 radical (unpaired) electrons. The minimum atomic E-state index is -0.0418. The number of rotatable bonds is 6. The van der Waals surface area contributed by atoms with Crippen molar-refractivity contribution in [2.75, 3.05) is 10.6 Å². The van der Waals surface area contributed by atoms with Crippen LogP contribution in [0, 0.1) is 11.8 Å². The summed E-state index contributed by atoms with van der Waals surface area (Å²) in [5.74, 6) is 1.32. The highest BCUT2D eigenvalue weighted by Gasteiger charge is 2.13. The Morgan fingerprint density at radius 1 is 1.39 bits per heavy atom. The summed E-state index contributed by atoms with van der Waals surface area (Å²) < 4.78 is 1.71. The lowest BCUT2D eigenvalue weighted by atomic mass is 10.1. The molecule has 0 saturated heterocycles. The first-order chi connectivity index (χ1) is 8.45. The number of hydrogen-bond acceptors (Lipinski definition) is 3. The molecule has 1 heterocycles. The van der Waals surface area contributed by atoms with Gasteiger partial charge in [0.25, 0.3) is 5.56 Å². The van der Waals surface area contributed by atoms with E-state index in [1.165, 1.54) is 0 Å². The van der Waals surface area contributed by atoms with Gasteiger partial charge in [-0.15, -0.1) is 0 Å². The largest absolute Gasteiger partial charge is 0.363 e. The second-order valence-corrected chi connectivity index (χ2v) is 5.84. The second-order valence-electron chi connectivity index (χ2n) is 5.19. The summed E-state index contributed by atoms with van der Waals surface area (Å²) in [5.41, 5.74) is -0.0418. The van der Waals surface area contributed by atoms with E-state index in [1.807, 2.05) is 0 Å². The zero-order valence-corrected chi connectivity index (χ0v) is 13.1. The van der Waals surface area contributed by atoms with Gasteiger partial charge in [0.05, 0.1) is 0 Å². The molecule has 0 aliphatic rings. The third-order valence-electron chi connectivity index (χ3n) is 2.94. The Bertz CT molecular complexity index is 430. The molecule has 4 nitrogen and oxygen atoms in total. The van der Waals surface area contributed by atoms with E-state index >= 15 is 0 Å². The standard InChI is InChI=1S/C13H22BrN3O/c1-9(2)8-17-6-5-15-12(13(17)18)16-11(4)10(3)7-14/h5-6,9-11H,7-8H2,1-4H3,(H,15,16). The van der Waals surface area contributed by atoms with E-state index in [0.717, 1.165) is 11.9 Å². The van der Waals surface area contributed by atoms with E-state index in [4.69, 9.17) is 0 Å². The van der Waals surface area contributed by atoms with Crippen LogP contribution in [0.3, 0.4) is 0 Å². The molecule has 0 spiro atoms. The van der Waals surface area contributed by atoms with Gasteiger partial charge in [0.2, 0.25) is 0 Å². The van der Waals surface area contributed by atoms with Gasteiger partial charge in [-0.2, -0.15) is 0 Å². The number of nitrogens with zero attached hydrogens (tertiary/aromatic N) is 2. The van der Waals surface area contributed by atoms with Crippen LogP contribution in [0.4, 0.5) is 5.82 Å². The van der Waals surface area contributed by atoms with Gasteiger partial charge >= 0.3 is 0 Å². The van der Waals surface area contributed by atoms with Crippen molar-refractivity contribution >= 4 is 21.7 Å². The van der Waals surface area contributed by atoms with Crippen LogP contribution in [0.1, 0.15) is 27.7 Å². The lowest BCUT2D eigenvalue weighted by Crippen LogP contribution is -2.32. The summed E-state index contributed by atoms with van der Waals surface area (Å²) in [5, 5.41) is 4.10. The molecule has 1 aromatic heterocycles. The van der Waals surface area contributed by atoms with Crippen LogP contribution in [0.25, 0.3) is 0 Å². The Morgan fingerprint density at radius 3 is 2.61 bits per heavy atom. The first-order valence-corrected chi connectivity index (χ1v) is 7.45. The van der Waals surface area contributed by atoms with E-state index in [2.05, 4.69) is 53.9 Å². The molecule has 5 heteroatoms. The predicted octanol–water partition coefficient (Wildman–Crippen LogP) is 2.73. The monoisotopic (exact) mass is 315 g/mol. The molecule has 1 N–H and O–H groups in total. The first kappa shape index (κ1) is 15.2. The van der Waals surface area contributed by atoms with Crippen molar-refractivity contribution in [3.63, 3.8) is 0 Å². The topological polar surface area (TPSA) is 46.9 Å². The zero-order valence-electron chi connectivity index (χ0n) is 11.5. The molecule has 1 rings (SSSR count). The van der Waals surface area contributed by atoms with Crippen LogP contribution >= 0.6 is 15.9 Å². The Labute approximate surface area is 117 Å². The van der Waals surface area contributed by atoms with Crippen molar-refractivity contribution in [3.05, 3.63) is 22.7 Å². The molecule has 102 valence electrons. The fraction of sp³-hybridized carbons (Fsp3) is 0.692. The maximum absolute atomic E-state index is 12.2. The lowest BCUT2D eigenvalue weighted by Gasteiger charge is -2.20. The average molecular weight is 316 g/mol. The molecule has 0 fully saturated rings. The van der Waals surface area contributed by atoms with Crippen molar-refractivity contribution < 1.29 is 0 Å². The van der Waals surface area contributed by atoms with Crippen LogP contribution in [0.5, 0.6) is 0 Å². The number of hydrogen-bond donors (Lipinski definition) is 1. The number of halogens is 1. The maximum atomic E-state index is 12.2. The van der Waals surface area contributed by atoms with Crippen molar-refractivity contribution in [1.29, 1.82) is 0 Å². The average Bonchev–Trinajstić information content (AvgIpc) is 2.32.